The van der Waals surface area contributed by atoms with Crippen molar-refractivity contribution < 1.29 is 13.2 Å². The van der Waals surface area contributed by atoms with Crippen molar-refractivity contribution in [2.24, 2.45) is 0 Å². The number of nitrogens with one attached hydrogen (secondary N) is 1. The third-order valence-corrected chi connectivity index (χ3v) is 7.91. The molecule has 1 heterocycles. The monoisotopic (exact) mass is 457 g/mol. The SMILES string of the molecule is Cc1cc(C)c(NC(=O)CN2CCN(S(=O)(=O)c3ccc(C(C)(C)C)cc3)CC2)c(C)c1. The Kier molecular flexibility index (Phi) is 7.12. The first kappa shape index (κ1) is 24.4. The Morgan fingerprint density at radius 1 is 0.938 bits per heavy atom. The summed E-state index contributed by atoms with van der Waals surface area (Å²) >= 11 is 0. The quantitative estimate of drug-likeness (QED) is 0.740. The van der Waals surface area contributed by atoms with Crippen molar-refractivity contribution in [2.75, 3.05) is 38.0 Å². The number of aryl methyl sites for hydroxylation is 3. The average molecular weight is 458 g/mol. The van der Waals surface area contributed by atoms with Crippen LogP contribution in [-0.4, -0.2) is 56.3 Å². The Morgan fingerprint density at radius 3 is 1.97 bits per heavy atom. The lowest BCUT2D eigenvalue weighted by atomic mass is 9.87. The molecule has 0 radical (unpaired) electrons. The van der Waals surface area contributed by atoms with Gasteiger partial charge in [-0.2, -0.15) is 4.31 Å². The molecule has 0 bridgehead atoms. The Balaban J connectivity index is 1.58. The molecular weight excluding hydrogens is 422 g/mol. The maximum atomic E-state index is 13.0. The largest absolute Gasteiger partial charge is 0.324 e. The molecule has 1 amide bonds. The molecule has 0 aliphatic carbocycles. The molecule has 2 aromatic carbocycles. The van der Waals surface area contributed by atoms with Crippen molar-refractivity contribution in [3.63, 3.8) is 0 Å². The fraction of sp³-hybridized carbons (Fsp3) is 0.480. The highest BCUT2D eigenvalue weighted by atomic mass is 32.2. The van der Waals surface area contributed by atoms with Gasteiger partial charge in [-0.25, -0.2) is 8.42 Å². The summed E-state index contributed by atoms with van der Waals surface area (Å²) in [4.78, 5) is 14.9. The molecule has 0 atom stereocenters. The second kappa shape index (κ2) is 9.33. The van der Waals surface area contributed by atoms with Gasteiger partial charge in [-0.15, -0.1) is 0 Å². The number of hydrogen-bond donors (Lipinski definition) is 1. The molecule has 7 heteroatoms. The van der Waals surface area contributed by atoms with Gasteiger partial charge >= 0.3 is 0 Å². The first-order valence-corrected chi connectivity index (χ1v) is 12.5. The van der Waals surface area contributed by atoms with Gasteiger partial charge in [0, 0.05) is 31.9 Å². The summed E-state index contributed by atoms with van der Waals surface area (Å²) in [6.07, 6.45) is 0. The lowest BCUT2D eigenvalue weighted by Crippen LogP contribution is -2.50. The van der Waals surface area contributed by atoms with E-state index in [0.29, 0.717) is 31.1 Å². The summed E-state index contributed by atoms with van der Waals surface area (Å²) in [6, 6.07) is 11.3. The van der Waals surface area contributed by atoms with E-state index in [1.807, 2.05) is 37.8 Å². The van der Waals surface area contributed by atoms with Gasteiger partial charge in [0.15, 0.2) is 0 Å². The molecular formula is C25H35N3O3S. The minimum Gasteiger partial charge on any atom is -0.324 e. The van der Waals surface area contributed by atoms with Crippen LogP contribution >= 0.6 is 0 Å². The lowest BCUT2D eigenvalue weighted by molar-refractivity contribution is -0.117. The van der Waals surface area contributed by atoms with Gasteiger partial charge in [0.2, 0.25) is 15.9 Å². The van der Waals surface area contributed by atoms with Crippen molar-refractivity contribution in [2.45, 2.75) is 51.9 Å². The minimum atomic E-state index is -3.53. The van der Waals surface area contributed by atoms with E-state index in [1.54, 1.807) is 12.1 Å². The van der Waals surface area contributed by atoms with Crippen LogP contribution < -0.4 is 5.32 Å². The van der Waals surface area contributed by atoms with Crippen LogP contribution in [0, 0.1) is 20.8 Å². The van der Waals surface area contributed by atoms with E-state index in [9.17, 15) is 13.2 Å². The van der Waals surface area contributed by atoms with E-state index in [2.05, 4.69) is 38.2 Å². The molecule has 0 saturated carbocycles. The van der Waals surface area contributed by atoms with E-state index < -0.39 is 10.0 Å². The zero-order chi connectivity index (χ0) is 23.7. The van der Waals surface area contributed by atoms with Crippen LogP contribution in [0.1, 0.15) is 43.0 Å². The standard InChI is InChI=1S/C25H35N3O3S/c1-18-15-19(2)24(20(3)16-18)26-23(29)17-27-11-13-28(14-12-27)32(30,31)22-9-7-21(8-10-22)25(4,5)6/h7-10,15-16H,11-14,17H2,1-6H3,(H,26,29). The van der Waals surface area contributed by atoms with Crippen LogP contribution in [-0.2, 0) is 20.2 Å². The van der Waals surface area contributed by atoms with Gasteiger partial charge in [0.05, 0.1) is 11.4 Å². The Bertz CT molecular complexity index is 1060. The minimum absolute atomic E-state index is 0.0237. The van der Waals surface area contributed by atoms with Crippen LogP contribution in [0.25, 0.3) is 0 Å². The molecule has 1 saturated heterocycles. The number of carbonyl (C=O) groups excluding carboxylic acids is 1. The zero-order valence-electron chi connectivity index (χ0n) is 20.0. The number of sulfonamides is 1. The molecule has 0 aromatic heterocycles. The van der Waals surface area contributed by atoms with Gasteiger partial charge < -0.3 is 5.32 Å². The van der Waals surface area contributed by atoms with Crippen molar-refractivity contribution in [3.8, 4) is 0 Å². The normalized spacial score (nSPS) is 16.2. The van der Waals surface area contributed by atoms with Crippen LogP contribution in [0.15, 0.2) is 41.3 Å². The van der Waals surface area contributed by atoms with E-state index in [1.165, 1.54) is 9.87 Å². The molecule has 174 valence electrons. The van der Waals surface area contributed by atoms with E-state index >= 15 is 0 Å². The van der Waals surface area contributed by atoms with Crippen molar-refractivity contribution in [3.05, 3.63) is 58.7 Å². The molecule has 0 unspecified atom stereocenters. The van der Waals surface area contributed by atoms with Crippen LogP contribution in [0.5, 0.6) is 0 Å². The first-order valence-electron chi connectivity index (χ1n) is 11.1. The number of anilines is 1. The van der Waals surface area contributed by atoms with E-state index in [0.717, 1.165) is 22.4 Å². The predicted octanol–water partition coefficient (Wildman–Crippen LogP) is 3.85. The Hall–Kier alpha value is -2.22. The summed E-state index contributed by atoms with van der Waals surface area (Å²) in [5.41, 5.74) is 5.20. The smallest absolute Gasteiger partial charge is 0.243 e. The predicted molar refractivity (Wildman–Crippen MR) is 130 cm³/mol. The molecule has 1 fully saturated rings. The van der Waals surface area contributed by atoms with Crippen LogP contribution in [0.2, 0.25) is 0 Å². The number of carbonyl (C=O) groups is 1. The average Bonchev–Trinajstić information content (AvgIpc) is 2.70. The molecule has 1 N–H and O–H groups in total. The zero-order valence-corrected chi connectivity index (χ0v) is 20.8. The van der Waals surface area contributed by atoms with Crippen molar-refractivity contribution in [1.82, 2.24) is 9.21 Å². The van der Waals surface area contributed by atoms with Gasteiger partial charge in [0.1, 0.15) is 0 Å². The summed E-state index contributed by atoms with van der Waals surface area (Å²) in [5, 5.41) is 3.03. The summed E-state index contributed by atoms with van der Waals surface area (Å²) in [7, 11) is -3.53. The number of piperazine rings is 1. The number of amides is 1. The molecule has 6 nitrogen and oxygen atoms in total. The number of nitrogens with zero attached hydrogens (tertiary/aromatic N) is 2. The van der Waals surface area contributed by atoms with Gasteiger partial charge in [-0.1, -0.05) is 50.6 Å². The van der Waals surface area contributed by atoms with E-state index in [4.69, 9.17) is 0 Å². The highest BCUT2D eigenvalue weighted by Crippen LogP contribution is 2.25. The van der Waals surface area contributed by atoms with Gasteiger partial charge in [-0.3, -0.25) is 9.69 Å². The van der Waals surface area contributed by atoms with Gasteiger partial charge in [-0.05, 0) is 55.0 Å². The third-order valence-electron chi connectivity index (χ3n) is 6.00. The Labute approximate surface area is 192 Å². The third kappa shape index (κ3) is 5.57. The lowest BCUT2D eigenvalue weighted by Gasteiger charge is -2.33. The fourth-order valence-corrected chi connectivity index (χ4v) is 5.59. The molecule has 3 rings (SSSR count). The second-order valence-electron chi connectivity index (χ2n) is 9.78. The summed E-state index contributed by atoms with van der Waals surface area (Å²) < 4.78 is 27.6. The van der Waals surface area contributed by atoms with Gasteiger partial charge in [0.25, 0.3) is 0 Å². The maximum Gasteiger partial charge on any atom is 0.243 e. The maximum absolute atomic E-state index is 13.0. The van der Waals surface area contributed by atoms with Crippen molar-refractivity contribution in [1.29, 1.82) is 0 Å². The summed E-state index contributed by atoms with van der Waals surface area (Å²) in [6.45, 7) is 14.4. The second-order valence-corrected chi connectivity index (χ2v) is 11.7. The van der Waals surface area contributed by atoms with Crippen LogP contribution in [0.4, 0.5) is 5.69 Å². The molecule has 1 aliphatic rings. The Morgan fingerprint density at radius 2 is 1.47 bits per heavy atom. The molecule has 0 spiro atoms. The fourth-order valence-electron chi connectivity index (χ4n) is 4.16. The topological polar surface area (TPSA) is 69.7 Å². The number of benzene rings is 2. The van der Waals surface area contributed by atoms with Crippen molar-refractivity contribution >= 4 is 21.6 Å². The molecule has 1 aliphatic heterocycles. The molecule has 32 heavy (non-hydrogen) atoms. The van der Waals surface area contributed by atoms with E-state index in [-0.39, 0.29) is 17.9 Å². The number of rotatable bonds is 5. The van der Waals surface area contributed by atoms with Crippen LogP contribution in [0.3, 0.4) is 0 Å². The number of hydrogen-bond acceptors (Lipinski definition) is 4. The highest BCUT2D eigenvalue weighted by Gasteiger charge is 2.29. The highest BCUT2D eigenvalue weighted by molar-refractivity contribution is 7.89. The first-order chi connectivity index (χ1) is 14.9. The summed E-state index contributed by atoms with van der Waals surface area (Å²) in [5.74, 6) is -0.0749. The molecule has 2 aromatic rings.